The summed E-state index contributed by atoms with van der Waals surface area (Å²) in [5.74, 6) is -0.262. The first-order chi connectivity index (χ1) is 7.98. The quantitative estimate of drug-likeness (QED) is 0.721. The number of nitrogens with one attached hydrogen (secondary N) is 1. The molecule has 2 rings (SSSR count). The molecule has 1 heterocycles. The van der Waals surface area contributed by atoms with Crippen molar-refractivity contribution in [1.29, 1.82) is 0 Å². The standard InChI is InChI=1S/C12H19ClN2O2/c1-12(2)11(17)14-8-5-3-4-6-9(8)15(12)10(16)7-13/h8-9H,3-7H2,1-2H3,(H,14,17)/t8-,9-/m1/s1. The zero-order chi connectivity index (χ0) is 12.6. The third-order valence-corrected chi connectivity index (χ3v) is 4.15. The van der Waals surface area contributed by atoms with Gasteiger partial charge in [0.15, 0.2) is 0 Å². The van der Waals surface area contributed by atoms with Crippen LogP contribution >= 0.6 is 11.6 Å². The largest absolute Gasteiger partial charge is 0.349 e. The summed E-state index contributed by atoms with van der Waals surface area (Å²) < 4.78 is 0. The SMILES string of the molecule is CC1(C)C(=O)N[C@@H]2CCCC[C@H]2N1C(=O)CCl. The van der Waals surface area contributed by atoms with Gasteiger partial charge in [-0.05, 0) is 26.7 Å². The predicted octanol–water partition coefficient (Wildman–Crippen LogP) is 1.27. The summed E-state index contributed by atoms with van der Waals surface area (Å²) in [5.41, 5.74) is -0.787. The van der Waals surface area contributed by atoms with E-state index in [1.807, 2.05) is 0 Å². The van der Waals surface area contributed by atoms with Gasteiger partial charge in [-0.15, -0.1) is 11.6 Å². The third kappa shape index (κ3) is 2.03. The number of halogens is 1. The van der Waals surface area contributed by atoms with Crippen LogP contribution in [0.2, 0.25) is 0 Å². The van der Waals surface area contributed by atoms with Gasteiger partial charge in [0.05, 0.1) is 6.04 Å². The van der Waals surface area contributed by atoms with Gasteiger partial charge in [-0.1, -0.05) is 12.8 Å². The Labute approximate surface area is 107 Å². The van der Waals surface area contributed by atoms with Crippen molar-refractivity contribution in [3.63, 3.8) is 0 Å². The number of carbonyl (C=O) groups excluding carboxylic acids is 2. The molecule has 0 radical (unpaired) electrons. The smallest absolute Gasteiger partial charge is 0.245 e. The van der Waals surface area contributed by atoms with E-state index in [1.54, 1.807) is 18.7 Å². The van der Waals surface area contributed by atoms with Crippen LogP contribution in [0, 0.1) is 0 Å². The molecule has 0 spiro atoms. The van der Waals surface area contributed by atoms with E-state index in [1.165, 1.54) is 0 Å². The van der Waals surface area contributed by atoms with E-state index in [0.29, 0.717) is 0 Å². The lowest BCUT2D eigenvalue weighted by atomic mass is 9.82. The van der Waals surface area contributed by atoms with Gasteiger partial charge in [0, 0.05) is 6.04 Å². The van der Waals surface area contributed by atoms with Crippen LogP contribution in [0.15, 0.2) is 0 Å². The highest BCUT2D eigenvalue weighted by atomic mass is 35.5. The fraction of sp³-hybridized carbons (Fsp3) is 0.833. The van der Waals surface area contributed by atoms with Gasteiger partial charge in [0.1, 0.15) is 11.4 Å². The lowest BCUT2D eigenvalue weighted by molar-refractivity contribution is -0.156. The molecule has 2 amide bonds. The average Bonchev–Trinajstić information content (AvgIpc) is 2.29. The van der Waals surface area contributed by atoms with Crippen LogP contribution in [-0.2, 0) is 9.59 Å². The first kappa shape index (κ1) is 12.7. The Bertz CT molecular complexity index is 343. The molecule has 0 aromatic heterocycles. The molecule has 1 N–H and O–H groups in total. The Morgan fingerprint density at radius 3 is 2.76 bits per heavy atom. The van der Waals surface area contributed by atoms with Gasteiger partial charge >= 0.3 is 0 Å². The minimum absolute atomic E-state index is 0.0556. The summed E-state index contributed by atoms with van der Waals surface area (Å²) in [6.07, 6.45) is 4.14. The molecule has 5 heteroatoms. The summed E-state index contributed by atoms with van der Waals surface area (Å²) in [6, 6.07) is 0.221. The van der Waals surface area contributed by atoms with E-state index in [9.17, 15) is 9.59 Å². The predicted molar refractivity (Wildman–Crippen MR) is 65.8 cm³/mol. The fourth-order valence-corrected chi connectivity index (χ4v) is 3.15. The molecule has 2 atom stereocenters. The van der Waals surface area contributed by atoms with Gasteiger partial charge in [-0.3, -0.25) is 9.59 Å². The van der Waals surface area contributed by atoms with Crippen LogP contribution in [-0.4, -0.2) is 40.2 Å². The Morgan fingerprint density at radius 2 is 2.12 bits per heavy atom. The van der Waals surface area contributed by atoms with Crippen LogP contribution in [0.5, 0.6) is 0 Å². The van der Waals surface area contributed by atoms with Crippen molar-refractivity contribution in [3.05, 3.63) is 0 Å². The molecule has 17 heavy (non-hydrogen) atoms. The number of fused-ring (bicyclic) bond motifs is 1. The number of hydrogen-bond acceptors (Lipinski definition) is 2. The number of nitrogens with zero attached hydrogens (tertiary/aromatic N) is 1. The molecule has 2 aliphatic rings. The van der Waals surface area contributed by atoms with Crippen molar-refractivity contribution in [2.24, 2.45) is 0 Å². The van der Waals surface area contributed by atoms with E-state index in [2.05, 4.69) is 5.32 Å². The summed E-state index contributed by atoms with van der Waals surface area (Å²) in [7, 11) is 0. The Balaban J connectivity index is 2.32. The van der Waals surface area contributed by atoms with Crippen LogP contribution in [0.25, 0.3) is 0 Å². The van der Waals surface area contributed by atoms with Gasteiger partial charge in [0.2, 0.25) is 11.8 Å². The van der Waals surface area contributed by atoms with Crippen LogP contribution in [0.1, 0.15) is 39.5 Å². The number of hydrogen-bond donors (Lipinski definition) is 1. The van der Waals surface area contributed by atoms with Crippen molar-refractivity contribution in [3.8, 4) is 0 Å². The molecular weight excluding hydrogens is 240 g/mol. The van der Waals surface area contributed by atoms with Crippen molar-refractivity contribution < 1.29 is 9.59 Å². The molecular formula is C12H19ClN2O2. The van der Waals surface area contributed by atoms with Crippen molar-refractivity contribution >= 4 is 23.4 Å². The molecule has 96 valence electrons. The monoisotopic (exact) mass is 258 g/mol. The Hall–Kier alpha value is -0.770. The minimum Gasteiger partial charge on any atom is -0.349 e. The van der Waals surface area contributed by atoms with E-state index in [4.69, 9.17) is 11.6 Å². The first-order valence-electron chi connectivity index (χ1n) is 6.17. The average molecular weight is 259 g/mol. The lowest BCUT2D eigenvalue weighted by Crippen LogP contribution is -2.72. The van der Waals surface area contributed by atoms with E-state index in [-0.39, 0.29) is 29.8 Å². The zero-order valence-corrected chi connectivity index (χ0v) is 11.1. The van der Waals surface area contributed by atoms with Crippen LogP contribution in [0.3, 0.4) is 0 Å². The first-order valence-corrected chi connectivity index (χ1v) is 6.71. The molecule has 1 saturated carbocycles. The van der Waals surface area contributed by atoms with Gasteiger partial charge in [-0.2, -0.15) is 0 Å². The maximum Gasteiger partial charge on any atom is 0.245 e. The van der Waals surface area contributed by atoms with E-state index < -0.39 is 5.54 Å². The third-order valence-electron chi connectivity index (χ3n) is 3.92. The summed E-state index contributed by atoms with van der Waals surface area (Å²) in [4.78, 5) is 25.8. The lowest BCUT2D eigenvalue weighted by Gasteiger charge is -2.52. The number of piperazine rings is 1. The summed E-state index contributed by atoms with van der Waals surface area (Å²) in [6.45, 7) is 3.58. The molecule has 1 saturated heterocycles. The highest BCUT2D eigenvalue weighted by Gasteiger charge is 2.49. The highest BCUT2D eigenvalue weighted by molar-refractivity contribution is 6.27. The molecule has 1 aliphatic heterocycles. The maximum atomic E-state index is 12.1. The second-order valence-corrected chi connectivity index (χ2v) is 5.66. The second-order valence-electron chi connectivity index (χ2n) is 5.39. The normalized spacial score (nSPS) is 31.7. The Morgan fingerprint density at radius 1 is 1.47 bits per heavy atom. The van der Waals surface area contributed by atoms with Gasteiger partial charge in [0.25, 0.3) is 0 Å². The molecule has 4 nitrogen and oxygen atoms in total. The van der Waals surface area contributed by atoms with E-state index >= 15 is 0 Å². The molecule has 0 aromatic rings. The highest BCUT2D eigenvalue weighted by Crippen LogP contribution is 2.33. The molecule has 0 bridgehead atoms. The van der Waals surface area contributed by atoms with Crippen LogP contribution in [0.4, 0.5) is 0 Å². The fourth-order valence-electron chi connectivity index (χ4n) is 3.02. The topological polar surface area (TPSA) is 49.4 Å². The zero-order valence-electron chi connectivity index (χ0n) is 10.3. The number of alkyl halides is 1. The van der Waals surface area contributed by atoms with Crippen molar-refractivity contribution in [2.75, 3.05) is 5.88 Å². The maximum absolute atomic E-state index is 12.1. The van der Waals surface area contributed by atoms with E-state index in [0.717, 1.165) is 25.7 Å². The Kier molecular flexibility index (Phi) is 3.34. The second kappa shape index (κ2) is 4.48. The van der Waals surface area contributed by atoms with Crippen molar-refractivity contribution in [2.45, 2.75) is 57.2 Å². The van der Waals surface area contributed by atoms with Crippen molar-refractivity contribution in [1.82, 2.24) is 10.2 Å². The molecule has 0 unspecified atom stereocenters. The number of carbonyl (C=O) groups is 2. The minimum atomic E-state index is -0.787. The molecule has 1 aliphatic carbocycles. The molecule has 2 fully saturated rings. The van der Waals surface area contributed by atoms with Gasteiger partial charge in [-0.25, -0.2) is 0 Å². The number of rotatable bonds is 1. The molecule has 0 aromatic carbocycles. The summed E-state index contributed by atoms with van der Waals surface area (Å²) in [5, 5.41) is 3.04. The number of amides is 2. The summed E-state index contributed by atoms with van der Waals surface area (Å²) >= 11 is 5.67. The van der Waals surface area contributed by atoms with Crippen LogP contribution < -0.4 is 5.32 Å². The van der Waals surface area contributed by atoms with Gasteiger partial charge < -0.3 is 10.2 Å².